The van der Waals surface area contributed by atoms with Crippen LogP contribution in [0.25, 0.3) is 0 Å². The summed E-state index contributed by atoms with van der Waals surface area (Å²) in [7, 11) is 0. The second-order valence-corrected chi connectivity index (χ2v) is 3.11. The summed E-state index contributed by atoms with van der Waals surface area (Å²) in [5.74, 6) is -3.45. The maximum atomic E-state index is 12.8. The Bertz CT molecular complexity index is 462. The molecule has 2 aromatic rings. The number of nitrogens with one attached hydrogen (secondary N) is 1. The van der Waals surface area contributed by atoms with Crippen LogP contribution < -0.4 is 5.32 Å². The van der Waals surface area contributed by atoms with E-state index < -0.39 is 17.5 Å². The molecule has 0 radical (unpaired) electrons. The van der Waals surface area contributed by atoms with Crippen molar-refractivity contribution in [2.24, 2.45) is 0 Å². The Kier molecular flexibility index (Phi) is 2.80. The molecular formula is C10H7F3N2O. The number of aromatic nitrogens is 1. The number of anilines is 1. The molecule has 0 aliphatic heterocycles. The summed E-state index contributed by atoms with van der Waals surface area (Å²) in [6.45, 7) is 0.126. The van der Waals surface area contributed by atoms with Crippen molar-refractivity contribution in [1.82, 2.24) is 5.16 Å². The third-order valence-corrected chi connectivity index (χ3v) is 1.96. The van der Waals surface area contributed by atoms with Crippen LogP contribution in [-0.2, 0) is 6.54 Å². The van der Waals surface area contributed by atoms with Gasteiger partial charge >= 0.3 is 0 Å². The average molecular weight is 228 g/mol. The standard InChI is InChI=1S/C10H7F3N2O/c11-7-3-6(4-8(12)10(7)13)5-14-9-1-2-16-15-9/h1-4H,5H2,(H,14,15). The van der Waals surface area contributed by atoms with Crippen LogP contribution in [0.2, 0.25) is 0 Å². The molecule has 0 bridgehead atoms. The smallest absolute Gasteiger partial charge is 0.194 e. The van der Waals surface area contributed by atoms with Crippen LogP contribution >= 0.6 is 0 Å². The van der Waals surface area contributed by atoms with Crippen LogP contribution in [0, 0.1) is 17.5 Å². The molecule has 0 spiro atoms. The Hall–Kier alpha value is -1.98. The Morgan fingerprint density at radius 3 is 2.44 bits per heavy atom. The highest BCUT2D eigenvalue weighted by Gasteiger charge is 2.10. The van der Waals surface area contributed by atoms with Gasteiger partial charge in [0.2, 0.25) is 0 Å². The fraction of sp³-hybridized carbons (Fsp3) is 0.100. The summed E-state index contributed by atoms with van der Waals surface area (Å²) in [6.07, 6.45) is 1.36. The third-order valence-electron chi connectivity index (χ3n) is 1.96. The number of nitrogens with zero attached hydrogens (tertiary/aromatic N) is 1. The van der Waals surface area contributed by atoms with Crippen molar-refractivity contribution in [2.75, 3.05) is 5.32 Å². The Balaban J connectivity index is 2.10. The van der Waals surface area contributed by atoms with Crippen LogP contribution in [0.1, 0.15) is 5.56 Å². The van der Waals surface area contributed by atoms with Gasteiger partial charge in [-0.1, -0.05) is 5.16 Å². The van der Waals surface area contributed by atoms with Gasteiger partial charge in [-0.05, 0) is 17.7 Å². The lowest BCUT2D eigenvalue weighted by atomic mass is 10.2. The van der Waals surface area contributed by atoms with E-state index in [-0.39, 0.29) is 12.1 Å². The van der Waals surface area contributed by atoms with E-state index in [1.54, 1.807) is 6.07 Å². The van der Waals surface area contributed by atoms with Crippen molar-refractivity contribution >= 4 is 5.82 Å². The van der Waals surface area contributed by atoms with Crippen molar-refractivity contribution in [3.8, 4) is 0 Å². The maximum absolute atomic E-state index is 12.8. The normalized spacial score (nSPS) is 10.4. The summed E-state index contributed by atoms with van der Waals surface area (Å²) < 4.78 is 42.8. The van der Waals surface area contributed by atoms with Crippen LogP contribution in [0.15, 0.2) is 29.0 Å². The Labute approximate surface area is 88.9 Å². The van der Waals surface area contributed by atoms with Gasteiger partial charge in [0, 0.05) is 12.6 Å². The molecule has 16 heavy (non-hydrogen) atoms. The van der Waals surface area contributed by atoms with E-state index in [9.17, 15) is 13.2 Å². The molecule has 0 fully saturated rings. The minimum absolute atomic E-state index is 0.126. The van der Waals surface area contributed by atoms with Gasteiger partial charge in [0.05, 0.1) is 0 Å². The zero-order chi connectivity index (χ0) is 11.5. The molecule has 84 valence electrons. The molecule has 0 aliphatic carbocycles. The fourth-order valence-corrected chi connectivity index (χ4v) is 1.21. The number of hydrogen-bond donors (Lipinski definition) is 1. The molecule has 0 amide bonds. The molecular weight excluding hydrogens is 221 g/mol. The SMILES string of the molecule is Fc1cc(CNc2ccon2)cc(F)c1F. The molecule has 1 aromatic heterocycles. The van der Waals surface area contributed by atoms with Crippen molar-refractivity contribution in [1.29, 1.82) is 0 Å². The van der Waals surface area contributed by atoms with Gasteiger partial charge in [0.25, 0.3) is 0 Å². The van der Waals surface area contributed by atoms with Gasteiger partial charge in [-0.15, -0.1) is 0 Å². The molecule has 0 atom stereocenters. The van der Waals surface area contributed by atoms with E-state index >= 15 is 0 Å². The van der Waals surface area contributed by atoms with Gasteiger partial charge in [-0.2, -0.15) is 0 Å². The number of benzene rings is 1. The van der Waals surface area contributed by atoms with Crippen molar-refractivity contribution < 1.29 is 17.7 Å². The monoisotopic (exact) mass is 228 g/mol. The van der Waals surface area contributed by atoms with E-state index in [1.165, 1.54) is 6.26 Å². The lowest BCUT2D eigenvalue weighted by Crippen LogP contribution is -2.02. The first-order valence-electron chi connectivity index (χ1n) is 4.44. The summed E-state index contributed by atoms with van der Waals surface area (Å²) in [5.41, 5.74) is 0.277. The highest BCUT2D eigenvalue weighted by molar-refractivity contribution is 5.33. The largest absolute Gasteiger partial charge is 0.363 e. The predicted molar refractivity (Wildman–Crippen MR) is 50.1 cm³/mol. The highest BCUT2D eigenvalue weighted by atomic mass is 19.2. The molecule has 2 rings (SSSR count). The predicted octanol–water partition coefficient (Wildman–Crippen LogP) is 2.70. The van der Waals surface area contributed by atoms with Gasteiger partial charge in [0.1, 0.15) is 6.26 Å². The van der Waals surface area contributed by atoms with Crippen LogP contribution in [0.3, 0.4) is 0 Å². The molecule has 3 nitrogen and oxygen atoms in total. The number of hydrogen-bond acceptors (Lipinski definition) is 3. The second kappa shape index (κ2) is 4.26. The van der Waals surface area contributed by atoms with Crippen molar-refractivity contribution in [3.63, 3.8) is 0 Å². The van der Waals surface area contributed by atoms with Crippen molar-refractivity contribution in [3.05, 3.63) is 47.5 Å². The fourth-order valence-electron chi connectivity index (χ4n) is 1.21. The molecule has 1 aromatic carbocycles. The zero-order valence-corrected chi connectivity index (χ0v) is 8.01. The summed E-state index contributed by atoms with van der Waals surface area (Å²) in [6, 6.07) is 3.40. The molecule has 0 aliphatic rings. The van der Waals surface area contributed by atoms with Crippen LogP contribution in [0.4, 0.5) is 19.0 Å². The van der Waals surface area contributed by atoms with Gasteiger partial charge < -0.3 is 9.84 Å². The maximum Gasteiger partial charge on any atom is 0.194 e. The number of rotatable bonds is 3. The minimum atomic E-state index is -1.47. The Morgan fingerprint density at radius 2 is 1.88 bits per heavy atom. The van der Waals surface area contributed by atoms with E-state index in [0.717, 1.165) is 12.1 Å². The summed E-state index contributed by atoms with van der Waals surface area (Å²) in [5, 5.41) is 6.30. The average Bonchev–Trinajstić information content (AvgIpc) is 2.75. The second-order valence-electron chi connectivity index (χ2n) is 3.11. The lowest BCUT2D eigenvalue weighted by molar-refractivity contribution is 0.422. The third kappa shape index (κ3) is 2.16. The van der Waals surface area contributed by atoms with Crippen LogP contribution in [-0.4, -0.2) is 5.16 Å². The van der Waals surface area contributed by atoms with Crippen molar-refractivity contribution in [2.45, 2.75) is 6.54 Å². The van der Waals surface area contributed by atoms with Gasteiger partial charge in [-0.25, -0.2) is 13.2 Å². The highest BCUT2D eigenvalue weighted by Crippen LogP contribution is 2.14. The zero-order valence-electron chi connectivity index (χ0n) is 8.01. The topological polar surface area (TPSA) is 38.1 Å². The van der Waals surface area contributed by atoms with Gasteiger partial charge in [0.15, 0.2) is 23.3 Å². The first kappa shape index (κ1) is 10.5. The molecule has 0 saturated heterocycles. The first-order chi connectivity index (χ1) is 7.66. The minimum Gasteiger partial charge on any atom is -0.363 e. The quantitative estimate of drug-likeness (QED) is 0.821. The van der Waals surface area contributed by atoms with E-state index in [2.05, 4.69) is 15.0 Å². The first-order valence-corrected chi connectivity index (χ1v) is 4.44. The number of halogens is 3. The molecule has 6 heteroatoms. The van der Waals surface area contributed by atoms with E-state index in [4.69, 9.17) is 0 Å². The summed E-state index contributed by atoms with van der Waals surface area (Å²) >= 11 is 0. The molecule has 1 heterocycles. The van der Waals surface area contributed by atoms with Crippen LogP contribution in [0.5, 0.6) is 0 Å². The molecule has 0 unspecified atom stereocenters. The molecule has 1 N–H and O–H groups in total. The molecule has 0 saturated carbocycles. The Morgan fingerprint density at radius 1 is 1.19 bits per heavy atom. The summed E-state index contributed by atoms with van der Waals surface area (Å²) in [4.78, 5) is 0. The van der Waals surface area contributed by atoms with E-state index in [0.29, 0.717) is 5.82 Å². The van der Waals surface area contributed by atoms with Gasteiger partial charge in [-0.3, -0.25) is 0 Å². The van der Waals surface area contributed by atoms with E-state index in [1.807, 2.05) is 0 Å². The lowest BCUT2D eigenvalue weighted by Gasteiger charge is -2.04.